The summed E-state index contributed by atoms with van der Waals surface area (Å²) in [6, 6.07) is 5.69. The molecule has 0 unspecified atom stereocenters. The van der Waals surface area contributed by atoms with E-state index in [4.69, 9.17) is 5.26 Å². The summed E-state index contributed by atoms with van der Waals surface area (Å²) in [5.41, 5.74) is 0.647. The third-order valence-corrected chi connectivity index (χ3v) is 3.21. The molecule has 2 nitrogen and oxygen atoms in total. The zero-order chi connectivity index (χ0) is 9.68. The molecule has 1 aromatic rings. The van der Waals surface area contributed by atoms with Gasteiger partial charge in [-0.1, -0.05) is 15.9 Å². The average molecular weight is 383 g/mol. The van der Waals surface area contributed by atoms with Crippen LogP contribution in [0.3, 0.4) is 0 Å². The molecule has 0 aliphatic heterocycles. The number of nitriles is 1. The Morgan fingerprint density at radius 1 is 1.64 bits per heavy atom. The minimum absolute atomic E-state index is 0. The van der Waals surface area contributed by atoms with Gasteiger partial charge < -0.3 is 17.0 Å². The van der Waals surface area contributed by atoms with E-state index in [-0.39, 0.29) is 17.0 Å². The van der Waals surface area contributed by atoms with Gasteiger partial charge in [0.15, 0.2) is 18.6 Å². The molecule has 0 aliphatic rings. The lowest BCUT2D eigenvalue weighted by Gasteiger charge is -1.89. The Morgan fingerprint density at radius 2 is 2.36 bits per heavy atom. The maximum Gasteiger partial charge on any atom is 0.192 e. The SMILES string of the molecule is N#Cc1ccc[n+](C=C(Br)CBr)c1.[Br-]. The quantitative estimate of drug-likeness (QED) is 0.497. The predicted molar refractivity (Wildman–Crippen MR) is 58.3 cm³/mol. The summed E-state index contributed by atoms with van der Waals surface area (Å²) >= 11 is 6.68. The topological polar surface area (TPSA) is 27.7 Å². The molecule has 1 aromatic heterocycles. The van der Waals surface area contributed by atoms with Crippen LogP contribution in [0, 0.1) is 11.3 Å². The second-order valence-electron chi connectivity index (χ2n) is 2.36. The number of alkyl halides is 1. The normalized spacial score (nSPS) is 10.2. The fourth-order valence-corrected chi connectivity index (χ4v) is 1.22. The highest BCUT2D eigenvalue weighted by atomic mass is 79.9. The number of aromatic nitrogens is 1. The standard InChI is InChI=1S/C9H7Br2N2.BrH/c10-4-9(11)7-13-3-1-2-8(5-12)6-13;/h1-3,6-7H,4H2;1H/q+1;/p-1. The summed E-state index contributed by atoms with van der Waals surface area (Å²) in [6.45, 7) is 0. The van der Waals surface area contributed by atoms with Gasteiger partial charge in [-0.15, -0.1) is 0 Å². The van der Waals surface area contributed by atoms with Gasteiger partial charge in [0, 0.05) is 11.4 Å². The molecular formula is C9H7Br3N2. The van der Waals surface area contributed by atoms with E-state index in [0.717, 1.165) is 9.81 Å². The van der Waals surface area contributed by atoms with Crippen molar-refractivity contribution in [1.29, 1.82) is 5.26 Å². The molecule has 0 aromatic carbocycles. The molecule has 0 atom stereocenters. The van der Waals surface area contributed by atoms with Gasteiger partial charge in [-0.3, -0.25) is 0 Å². The molecule has 1 rings (SSSR count). The molecule has 5 heteroatoms. The summed E-state index contributed by atoms with van der Waals surface area (Å²) in [5, 5.41) is 9.41. The van der Waals surface area contributed by atoms with E-state index >= 15 is 0 Å². The molecule has 14 heavy (non-hydrogen) atoms. The van der Waals surface area contributed by atoms with Crippen molar-refractivity contribution in [3.63, 3.8) is 0 Å². The minimum atomic E-state index is 0. The van der Waals surface area contributed by atoms with Crippen LogP contribution >= 0.6 is 31.9 Å². The highest BCUT2D eigenvalue weighted by Crippen LogP contribution is 2.06. The summed E-state index contributed by atoms with van der Waals surface area (Å²) in [7, 11) is 0. The molecule has 74 valence electrons. The fraction of sp³-hybridized carbons (Fsp3) is 0.111. The van der Waals surface area contributed by atoms with Crippen LogP contribution in [0.25, 0.3) is 6.20 Å². The fourth-order valence-electron chi connectivity index (χ4n) is 0.835. The van der Waals surface area contributed by atoms with Gasteiger partial charge in [0.05, 0.1) is 4.48 Å². The Labute approximate surface area is 110 Å². The number of hydrogen-bond donors (Lipinski definition) is 0. The molecule has 0 fully saturated rings. The van der Waals surface area contributed by atoms with E-state index in [1.54, 1.807) is 12.3 Å². The first kappa shape index (κ1) is 13.8. The van der Waals surface area contributed by atoms with Gasteiger partial charge in [0.1, 0.15) is 11.6 Å². The van der Waals surface area contributed by atoms with Crippen LogP contribution in [0.2, 0.25) is 0 Å². The molecule has 0 spiro atoms. The van der Waals surface area contributed by atoms with Crippen molar-refractivity contribution in [3.05, 3.63) is 34.6 Å². The van der Waals surface area contributed by atoms with Crippen LogP contribution in [-0.4, -0.2) is 5.33 Å². The average Bonchev–Trinajstić information content (AvgIpc) is 2.18. The van der Waals surface area contributed by atoms with Gasteiger partial charge in [-0.2, -0.15) is 9.83 Å². The molecule has 0 radical (unpaired) electrons. The largest absolute Gasteiger partial charge is 1.00 e. The van der Waals surface area contributed by atoms with E-state index in [1.165, 1.54) is 0 Å². The lowest BCUT2D eigenvalue weighted by atomic mass is 10.3. The van der Waals surface area contributed by atoms with E-state index in [2.05, 4.69) is 37.9 Å². The first-order chi connectivity index (χ1) is 6.26. The van der Waals surface area contributed by atoms with Gasteiger partial charge in [-0.05, 0) is 22.0 Å². The highest BCUT2D eigenvalue weighted by Gasteiger charge is 2.00. The van der Waals surface area contributed by atoms with Crippen molar-refractivity contribution in [2.75, 3.05) is 5.33 Å². The number of rotatable bonds is 2. The Bertz CT molecular complexity index is 369. The van der Waals surface area contributed by atoms with Gasteiger partial charge >= 0.3 is 0 Å². The van der Waals surface area contributed by atoms with Crippen molar-refractivity contribution in [2.45, 2.75) is 0 Å². The molecule has 0 bridgehead atoms. The van der Waals surface area contributed by atoms with Gasteiger partial charge in [0.25, 0.3) is 0 Å². The number of halogens is 3. The second-order valence-corrected chi connectivity index (χ2v) is 3.94. The summed E-state index contributed by atoms with van der Waals surface area (Å²) in [6.07, 6.45) is 5.55. The van der Waals surface area contributed by atoms with Crippen LogP contribution in [-0.2, 0) is 0 Å². The highest BCUT2D eigenvalue weighted by molar-refractivity contribution is 9.13. The Hall–Kier alpha value is -0.180. The van der Waals surface area contributed by atoms with Crippen molar-refractivity contribution >= 4 is 38.1 Å². The van der Waals surface area contributed by atoms with E-state index in [9.17, 15) is 0 Å². The molecule has 0 saturated heterocycles. The molecule has 1 heterocycles. The van der Waals surface area contributed by atoms with E-state index < -0.39 is 0 Å². The second kappa shape index (κ2) is 7.16. The van der Waals surface area contributed by atoms with Crippen molar-refractivity contribution in [3.8, 4) is 6.07 Å². The van der Waals surface area contributed by atoms with Crippen LogP contribution in [0.15, 0.2) is 29.0 Å². The molecule has 0 N–H and O–H groups in total. The monoisotopic (exact) mass is 380 g/mol. The third-order valence-electron chi connectivity index (χ3n) is 1.37. The van der Waals surface area contributed by atoms with Crippen molar-refractivity contribution in [1.82, 2.24) is 0 Å². The molecule has 0 aliphatic carbocycles. The number of hydrogen-bond acceptors (Lipinski definition) is 1. The zero-order valence-corrected chi connectivity index (χ0v) is 11.9. The Morgan fingerprint density at radius 3 is 2.93 bits per heavy atom. The van der Waals surface area contributed by atoms with E-state index in [1.807, 2.05) is 23.0 Å². The number of nitrogens with zero attached hydrogens (tertiary/aromatic N) is 2. The minimum Gasteiger partial charge on any atom is -1.00 e. The number of allylic oxidation sites excluding steroid dienone is 1. The van der Waals surface area contributed by atoms with Gasteiger partial charge in [-0.25, -0.2) is 0 Å². The first-order valence-corrected chi connectivity index (χ1v) is 5.51. The van der Waals surface area contributed by atoms with E-state index in [0.29, 0.717) is 5.56 Å². The van der Waals surface area contributed by atoms with Crippen LogP contribution in [0.5, 0.6) is 0 Å². The Balaban J connectivity index is 0.00000169. The summed E-state index contributed by atoms with van der Waals surface area (Å²) < 4.78 is 2.86. The first-order valence-electron chi connectivity index (χ1n) is 3.59. The van der Waals surface area contributed by atoms with Crippen LogP contribution in [0.1, 0.15) is 5.56 Å². The number of pyridine rings is 1. The third kappa shape index (κ3) is 4.36. The maximum atomic E-state index is 8.65. The predicted octanol–water partition coefficient (Wildman–Crippen LogP) is -0.562. The van der Waals surface area contributed by atoms with Gasteiger partial charge in [0.2, 0.25) is 0 Å². The van der Waals surface area contributed by atoms with Crippen LogP contribution in [0.4, 0.5) is 0 Å². The Kier molecular flexibility index (Phi) is 7.06. The maximum absolute atomic E-state index is 8.65. The lowest BCUT2D eigenvalue weighted by molar-refractivity contribution is -0.568. The van der Waals surface area contributed by atoms with Crippen LogP contribution < -0.4 is 21.5 Å². The lowest BCUT2D eigenvalue weighted by Crippen LogP contribution is -3.00. The summed E-state index contributed by atoms with van der Waals surface area (Å²) in [4.78, 5) is 0. The smallest absolute Gasteiger partial charge is 0.192 e. The molecule has 0 saturated carbocycles. The van der Waals surface area contributed by atoms with Crippen molar-refractivity contribution in [2.24, 2.45) is 0 Å². The zero-order valence-electron chi connectivity index (χ0n) is 7.12. The summed E-state index contributed by atoms with van der Waals surface area (Å²) in [5.74, 6) is 0. The molecular weight excluding hydrogens is 376 g/mol. The molecule has 0 amide bonds. The van der Waals surface area contributed by atoms with Crippen molar-refractivity contribution < 1.29 is 21.5 Å².